The fourth-order valence-corrected chi connectivity index (χ4v) is 3.84. The molecule has 0 aliphatic carbocycles. The lowest BCUT2D eigenvalue weighted by Crippen LogP contribution is -2.20. The van der Waals surface area contributed by atoms with Crippen LogP contribution in [0.4, 0.5) is 0 Å². The van der Waals surface area contributed by atoms with Crippen LogP contribution >= 0.6 is 0 Å². The number of ether oxygens (including phenoxy) is 4. The van der Waals surface area contributed by atoms with E-state index in [1.807, 2.05) is 18.2 Å². The van der Waals surface area contributed by atoms with E-state index in [1.54, 1.807) is 25.3 Å². The SMILES string of the molecule is COc1ccc(-c2c3c(c(OC)c4ccc5c(c24)OCO5)C(=O)NC3=O)cc1. The van der Waals surface area contributed by atoms with E-state index in [-0.39, 0.29) is 17.9 Å². The van der Waals surface area contributed by atoms with Gasteiger partial charge in [-0.05, 0) is 29.8 Å². The number of amides is 2. The molecule has 0 aromatic heterocycles. The first-order valence-electron chi connectivity index (χ1n) is 8.60. The molecule has 140 valence electrons. The minimum Gasteiger partial charge on any atom is -0.497 e. The number of nitrogens with one attached hydrogen (secondary N) is 1. The molecule has 0 atom stereocenters. The second-order valence-electron chi connectivity index (χ2n) is 6.39. The van der Waals surface area contributed by atoms with E-state index in [0.717, 1.165) is 5.56 Å². The third-order valence-electron chi connectivity index (χ3n) is 5.02. The Morgan fingerprint density at radius 2 is 1.61 bits per heavy atom. The Labute approximate surface area is 159 Å². The van der Waals surface area contributed by atoms with Crippen LogP contribution in [-0.2, 0) is 0 Å². The average Bonchev–Trinajstić information content (AvgIpc) is 3.31. The molecule has 0 radical (unpaired) electrons. The number of rotatable bonds is 3. The zero-order valence-electron chi connectivity index (χ0n) is 15.1. The fourth-order valence-electron chi connectivity index (χ4n) is 3.84. The van der Waals surface area contributed by atoms with Gasteiger partial charge in [0.25, 0.3) is 11.8 Å². The van der Waals surface area contributed by atoms with Crippen molar-refractivity contribution in [1.29, 1.82) is 0 Å². The minimum absolute atomic E-state index is 0.0844. The molecule has 2 aliphatic heterocycles. The van der Waals surface area contributed by atoms with E-state index in [1.165, 1.54) is 7.11 Å². The average molecular weight is 377 g/mol. The minimum atomic E-state index is -0.480. The number of imide groups is 1. The van der Waals surface area contributed by atoms with Gasteiger partial charge in [0, 0.05) is 16.3 Å². The van der Waals surface area contributed by atoms with Crippen molar-refractivity contribution in [2.24, 2.45) is 0 Å². The van der Waals surface area contributed by atoms with Crippen LogP contribution in [0.25, 0.3) is 21.9 Å². The first-order chi connectivity index (χ1) is 13.6. The van der Waals surface area contributed by atoms with Gasteiger partial charge in [-0.1, -0.05) is 12.1 Å². The van der Waals surface area contributed by atoms with Crippen molar-refractivity contribution in [1.82, 2.24) is 5.32 Å². The largest absolute Gasteiger partial charge is 0.497 e. The molecule has 0 spiro atoms. The number of benzene rings is 3. The summed E-state index contributed by atoms with van der Waals surface area (Å²) in [6.45, 7) is 0.0844. The summed E-state index contributed by atoms with van der Waals surface area (Å²) in [4.78, 5) is 25.3. The normalized spacial score (nSPS) is 14.2. The van der Waals surface area contributed by atoms with Crippen LogP contribution in [0.3, 0.4) is 0 Å². The zero-order valence-corrected chi connectivity index (χ0v) is 15.1. The van der Waals surface area contributed by atoms with Gasteiger partial charge in [0.05, 0.1) is 25.3 Å². The van der Waals surface area contributed by atoms with Crippen LogP contribution in [0.15, 0.2) is 36.4 Å². The van der Waals surface area contributed by atoms with E-state index >= 15 is 0 Å². The smallest absolute Gasteiger partial charge is 0.262 e. The second kappa shape index (κ2) is 5.88. The number of hydrogen-bond acceptors (Lipinski definition) is 6. The van der Waals surface area contributed by atoms with Crippen molar-refractivity contribution in [2.45, 2.75) is 0 Å². The molecule has 0 saturated heterocycles. The molecule has 2 amide bonds. The molecule has 1 N–H and O–H groups in total. The molecule has 0 fully saturated rings. The molecule has 0 saturated carbocycles. The first kappa shape index (κ1) is 16.4. The van der Waals surface area contributed by atoms with Gasteiger partial charge in [0.1, 0.15) is 11.5 Å². The van der Waals surface area contributed by atoms with Crippen LogP contribution in [-0.4, -0.2) is 32.8 Å². The van der Waals surface area contributed by atoms with Crippen molar-refractivity contribution in [3.63, 3.8) is 0 Å². The van der Waals surface area contributed by atoms with Gasteiger partial charge in [-0.3, -0.25) is 14.9 Å². The summed E-state index contributed by atoms with van der Waals surface area (Å²) >= 11 is 0. The summed E-state index contributed by atoms with van der Waals surface area (Å²) in [5, 5.41) is 3.71. The van der Waals surface area contributed by atoms with Crippen molar-refractivity contribution in [3.05, 3.63) is 47.5 Å². The zero-order chi connectivity index (χ0) is 19.4. The standard InChI is InChI=1S/C21H15NO6/c1-25-11-5-3-10(4-6-11)14-15-12(7-8-13-19(15)28-9-27-13)18(26-2)17-16(14)20(23)22-21(17)24/h3-8H,9H2,1-2H3,(H,22,23,24). The lowest BCUT2D eigenvalue weighted by Gasteiger charge is -2.17. The van der Waals surface area contributed by atoms with Gasteiger partial charge < -0.3 is 18.9 Å². The molecule has 0 bridgehead atoms. The molecule has 2 aliphatic rings. The van der Waals surface area contributed by atoms with E-state index in [0.29, 0.717) is 39.3 Å². The summed E-state index contributed by atoms with van der Waals surface area (Å²) in [6, 6.07) is 10.9. The van der Waals surface area contributed by atoms with E-state index in [9.17, 15) is 9.59 Å². The Morgan fingerprint density at radius 1 is 0.857 bits per heavy atom. The van der Waals surface area contributed by atoms with E-state index < -0.39 is 11.8 Å². The second-order valence-corrected chi connectivity index (χ2v) is 6.39. The Bertz CT molecular complexity index is 1170. The number of methoxy groups -OCH3 is 2. The van der Waals surface area contributed by atoms with Gasteiger partial charge in [-0.15, -0.1) is 0 Å². The van der Waals surface area contributed by atoms with Crippen molar-refractivity contribution in [3.8, 4) is 34.1 Å². The molecule has 3 aromatic carbocycles. The Balaban J connectivity index is 1.97. The maximum absolute atomic E-state index is 12.7. The van der Waals surface area contributed by atoms with Gasteiger partial charge in [-0.2, -0.15) is 0 Å². The van der Waals surface area contributed by atoms with Gasteiger partial charge in [0.15, 0.2) is 11.5 Å². The summed E-state index contributed by atoms with van der Waals surface area (Å²) in [5.74, 6) is 1.17. The highest BCUT2D eigenvalue weighted by Gasteiger charge is 2.37. The highest BCUT2D eigenvalue weighted by Crippen LogP contribution is 2.50. The molecule has 7 nitrogen and oxygen atoms in total. The molecule has 0 unspecified atom stereocenters. The van der Waals surface area contributed by atoms with Crippen LogP contribution in [0.2, 0.25) is 0 Å². The maximum atomic E-state index is 12.7. The topological polar surface area (TPSA) is 83.1 Å². The molecule has 7 heteroatoms. The Kier molecular flexibility index (Phi) is 3.45. The van der Waals surface area contributed by atoms with Gasteiger partial charge >= 0.3 is 0 Å². The Hall–Kier alpha value is -3.74. The van der Waals surface area contributed by atoms with Crippen LogP contribution in [0, 0.1) is 0 Å². The fraction of sp³-hybridized carbons (Fsp3) is 0.143. The van der Waals surface area contributed by atoms with Gasteiger partial charge in [-0.25, -0.2) is 0 Å². The number of carbonyl (C=O) groups is 2. The molecular weight excluding hydrogens is 362 g/mol. The predicted molar refractivity (Wildman–Crippen MR) is 100 cm³/mol. The summed E-state index contributed by atoms with van der Waals surface area (Å²) < 4.78 is 22.0. The molecule has 3 aromatic rings. The highest BCUT2D eigenvalue weighted by molar-refractivity contribution is 6.30. The number of fused-ring (bicyclic) bond motifs is 4. The third-order valence-corrected chi connectivity index (χ3v) is 5.02. The lowest BCUT2D eigenvalue weighted by molar-refractivity contribution is 0.0879. The first-order valence-corrected chi connectivity index (χ1v) is 8.60. The van der Waals surface area contributed by atoms with E-state index in [2.05, 4.69) is 5.32 Å². The number of hydrogen-bond donors (Lipinski definition) is 1. The predicted octanol–water partition coefficient (Wildman–Crippen LogP) is 3.14. The maximum Gasteiger partial charge on any atom is 0.262 e. The molecule has 28 heavy (non-hydrogen) atoms. The summed E-state index contributed by atoms with van der Waals surface area (Å²) in [6.07, 6.45) is 0. The van der Waals surface area contributed by atoms with Crippen LogP contribution in [0.1, 0.15) is 20.7 Å². The molecular formula is C21H15NO6. The molecule has 2 heterocycles. The van der Waals surface area contributed by atoms with E-state index in [4.69, 9.17) is 18.9 Å². The summed E-state index contributed by atoms with van der Waals surface area (Å²) in [5.41, 5.74) is 1.84. The highest BCUT2D eigenvalue weighted by atomic mass is 16.7. The van der Waals surface area contributed by atoms with Crippen molar-refractivity contribution in [2.75, 3.05) is 21.0 Å². The monoisotopic (exact) mass is 377 g/mol. The lowest BCUT2D eigenvalue weighted by atomic mass is 9.89. The molecule has 5 rings (SSSR count). The van der Waals surface area contributed by atoms with Crippen LogP contribution in [0.5, 0.6) is 23.0 Å². The van der Waals surface area contributed by atoms with Gasteiger partial charge in [0.2, 0.25) is 6.79 Å². The van der Waals surface area contributed by atoms with Crippen molar-refractivity contribution < 1.29 is 28.5 Å². The quantitative estimate of drug-likeness (QED) is 0.706. The third kappa shape index (κ3) is 2.10. The van der Waals surface area contributed by atoms with Crippen LogP contribution < -0.4 is 24.3 Å². The van der Waals surface area contributed by atoms with Crippen molar-refractivity contribution >= 4 is 22.6 Å². The number of carbonyl (C=O) groups excluding carboxylic acids is 2. The Morgan fingerprint density at radius 3 is 2.32 bits per heavy atom. The summed E-state index contributed by atoms with van der Waals surface area (Å²) in [7, 11) is 3.06.